The number of aliphatic hydroxyl groups is 1. The quantitative estimate of drug-likeness (QED) is 0.871. The Labute approximate surface area is 112 Å². The average Bonchev–Trinajstić information content (AvgIpc) is 3.08. The van der Waals surface area contributed by atoms with E-state index < -0.39 is 0 Å². The largest absolute Gasteiger partial charge is 0.492 e. The van der Waals surface area contributed by atoms with Crippen molar-refractivity contribution in [2.45, 2.75) is 19.4 Å². The number of aliphatic hydroxyl groups excluding tert-OH is 1. The number of hydrogen-bond acceptors (Lipinski definition) is 5. The molecule has 0 atom stereocenters. The summed E-state index contributed by atoms with van der Waals surface area (Å²) < 4.78 is 16.4. The molecule has 0 aliphatic carbocycles. The third-order valence-corrected chi connectivity index (χ3v) is 3.59. The zero-order chi connectivity index (χ0) is 13.1. The first-order chi connectivity index (χ1) is 9.36. The summed E-state index contributed by atoms with van der Waals surface area (Å²) in [7, 11) is 0. The number of rotatable bonds is 5. The Bertz CT molecular complexity index is 443. The summed E-state index contributed by atoms with van der Waals surface area (Å²) in [4.78, 5) is 2.39. The van der Waals surface area contributed by atoms with Crippen molar-refractivity contribution < 1.29 is 19.3 Å². The van der Waals surface area contributed by atoms with Gasteiger partial charge in [0.05, 0.1) is 6.61 Å². The van der Waals surface area contributed by atoms with Crippen LogP contribution in [0.25, 0.3) is 0 Å². The van der Waals surface area contributed by atoms with Crippen LogP contribution >= 0.6 is 0 Å². The normalized spacial score (nSPS) is 17.9. The highest BCUT2D eigenvalue weighted by Gasteiger charge is 2.18. The maximum absolute atomic E-state index is 9.37. The summed E-state index contributed by atoms with van der Waals surface area (Å²) in [6.07, 6.45) is 2.57. The molecular weight excluding hydrogens is 246 g/mol. The van der Waals surface area contributed by atoms with E-state index in [1.54, 1.807) is 12.1 Å². The van der Waals surface area contributed by atoms with Gasteiger partial charge < -0.3 is 19.3 Å². The number of hydrogen-bond donors (Lipinski definition) is 1. The van der Waals surface area contributed by atoms with Crippen molar-refractivity contribution >= 4 is 0 Å². The van der Waals surface area contributed by atoms with Crippen LogP contribution < -0.4 is 14.2 Å². The molecule has 0 bridgehead atoms. The highest BCUT2D eigenvalue weighted by molar-refractivity contribution is 5.51. The number of ether oxygens (including phenoxy) is 3. The van der Waals surface area contributed by atoms with Crippen LogP contribution in [0.15, 0.2) is 12.1 Å². The maximum Gasteiger partial charge on any atom is 0.231 e. The Morgan fingerprint density at radius 3 is 2.63 bits per heavy atom. The van der Waals surface area contributed by atoms with Gasteiger partial charge in [-0.05, 0) is 32.0 Å². The second-order valence-electron chi connectivity index (χ2n) is 4.87. The molecule has 1 N–H and O–H groups in total. The van der Waals surface area contributed by atoms with E-state index in [1.165, 1.54) is 12.8 Å². The van der Waals surface area contributed by atoms with Crippen molar-refractivity contribution in [2.24, 2.45) is 0 Å². The molecule has 0 amide bonds. The molecule has 5 heteroatoms. The van der Waals surface area contributed by atoms with Gasteiger partial charge in [0.25, 0.3) is 0 Å². The number of nitrogens with zero attached hydrogens (tertiary/aromatic N) is 1. The van der Waals surface area contributed by atoms with Crippen molar-refractivity contribution in [3.05, 3.63) is 17.7 Å². The lowest BCUT2D eigenvalue weighted by atomic mass is 10.2. The van der Waals surface area contributed by atoms with Crippen molar-refractivity contribution in [3.63, 3.8) is 0 Å². The SMILES string of the molecule is OCc1cc2c(cc1OCCN1CCCC1)OCO2. The standard InChI is InChI=1S/C14H19NO4/c16-9-11-7-13-14(19-10-18-13)8-12(11)17-6-5-15-3-1-2-4-15/h7-8,16H,1-6,9-10H2. The molecule has 1 fully saturated rings. The molecule has 1 aromatic carbocycles. The summed E-state index contributed by atoms with van der Waals surface area (Å²) in [6.45, 7) is 4.06. The van der Waals surface area contributed by atoms with Crippen LogP contribution in [0, 0.1) is 0 Å². The van der Waals surface area contributed by atoms with Gasteiger partial charge >= 0.3 is 0 Å². The van der Waals surface area contributed by atoms with Crippen molar-refractivity contribution in [2.75, 3.05) is 33.0 Å². The van der Waals surface area contributed by atoms with Gasteiger partial charge in [-0.3, -0.25) is 4.90 Å². The van der Waals surface area contributed by atoms with Crippen LogP contribution in [-0.2, 0) is 6.61 Å². The smallest absolute Gasteiger partial charge is 0.231 e. The Morgan fingerprint density at radius 1 is 1.16 bits per heavy atom. The highest BCUT2D eigenvalue weighted by atomic mass is 16.7. The van der Waals surface area contributed by atoms with E-state index in [4.69, 9.17) is 14.2 Å². The molecule has 1 saturated heterocycles. The molecule has 5 nitrogen and oxygen atoms in total. The third kappa shape index (κ3) is 2.77. The van der Waals surface area contributed by atoms with Gasteiger partial charge in [0.15, 0.2) is 11.5 Å². The second-order valence-corrected chi connectivity index (χ2v) is 4.87. The average molecular weight is 265 g/mol. The minimum absolute atomic E-state index is 0.0598. The van der Waals surface area contributed by atoms with Gasteiger partial charge in [-0.2, -0.15) is 0 Å². The summed E-state index contributed by atoms with van der Waals surface area (Å²) in [5, 5.41) is 9.37. The molecular formula is C14H19NO4. The Morgan fingerprint density at radius 2 is 1.89 bits per heavy atom. The molecule has 0 radical (unpaired) electrons. The second kappa shape index (κ2) is 5.67. The van der Waals surface area contributed by atoms with Crippen LogP contribution in [0.5, 0.6) is 17.2 Å². The maximum atomic E-state index is 9.37. The summed E-state index contributed by atoms with van der Waals surface area (Å²) in [5.74, 6) is 2.05. The van der Waals surface area contributed by atoms with Gasteiger partial charge in [-0.25, -0.2) is 0 Å². The van der Waals surface area contributed by atoms with Crippen molar-refractivity contribution in [1.82, 2.24) is 4.90 Å². The summed E-state index contributed by atoms with van der Waals surface area (Å²) in [6, 6.07) is 3.59. The van der Waals surface area contributed by atoms with Gasteiger partial charge in [0.1, 0.15) is 12.4 Å². The van der Waals surface area contributed by atoms with Crippen molar-refractivity contribution in [1.29, 1.82) is 0 Å². The van der Waals surface area contributed by atoms with E-state index in [0.29, 0.717) is 23.9 Å². The van der Waals surface area contributed by atoms with Gasteiger partial charge in [-0.1, -0.05) is 0 Å². The first-order valence-corrected chi connectivity index (χ1v) is 6.75. The van der Waals surface area contributed by atoms with Gasteiger partial charge in [0.2, 0.25) is 6.79 Å². The molecule has 2 heterocycles. The van der Waals surface area contributed by atoms with Crippen molar-refractivity contribution in [3.8, 4) is 17.2 Å². The molecule has 0 saturated carbocycles. The molecule has 0 unspecified atom stereocenters. The Kier molecular flexibility index (Phi) is 3.75. The molecule has 104 valence electrons. The lowest BCUT2D eigenvalue weighted by Crippen LogP contribution is -2.25. The highest BCUT2D eigenvalue weighted by Crippen LogP contribution is 2.38. The lowest BCUT2D eigenvalue weighted by molar-refractivity contribution is 0.173. The molecule has 19 heavy (non-hydrogen) atoms. The van der Waals surface area contributed by atoms with Crippen LogP contribution in [-0.4, -0.2) is 43.0 Å². The fraction of sp³-hybridized carbons (Fsp3) is 0.571. The van der Waals surface area contributed by atoms with Gasteiger partial charge in [-0.15, -0.1) is 0 Å². The third-order valence-electron chi connectivity index (χ3n) is 3.59. The van der Waals surface area contributed by atoms with Crippen LogP contribution in [0.2, 0.25) is 0 Å². The fourth-order valence-corrected chi connectivity index (χ4v) is 2.51. The van der Waals surface area contributed by atoms with Gasteiger partial charge in [0, 0.05) is 18.2 Å². The molecule has 1 aromatic rings. The monoisotopic (exact) mass is 265 g/mol. The molecule has 0 aromatic heterocycles. The predicted octanol–water partition coefficient (Wildman–Crippen LogP) is 1.38. The van der Waals surface area contributed by atoms with Crippen LogP contribution in [0.3, 0.4) is 0 Å². The van der Waals surface area contributed by atoms with Crippen LogP contribution in [0.1, 0.15) is 18.4 Å². The molecule has 0 spiro atoms. The number of fused-ring (bicyclic) bond motifs is 1. The van der Waals surface area contributed by atoms with Crippen LogP contribution in [0.4, 0.5) is 0 Å². The summed E-state index contributed by atoms with van der Waals surface area (Å²) in [5.41, 5.74) is 0.741. The first-order valence-electron chi connectivity index (χ1n) is 6.75. The van der Waals surface area contributed by atoms with E-state index in [1.807, 2.05) is 0 Å². The van der Waals surface area contributed by atoms with E-state index in [-0.39, 0.29) is 13.4 Å². The minimum atomic E-state index is -0.0598. The molecule has 2 aliphatic heterocycles. The van der Waals surface area contributed by atoms with E-state index in [2.05, 4.69) is 4.90 Å². The molecule has 3 rings (SSSR count). The number of benzene rings is 1. The topological polar surface area (TPSA) is 51.2 Å². The predicted molar refractivity (Wildman–Crippen MR) is 69.7 cm³/mol. The fourth-order valence-electron chi connectivity index (χ4n) is 2.51. The van der Waals surface area contributed by atoms with E-state index in [9.17, 15) is 5.11 Å². The first kappa shape index (κ1) is 12.6. The molecule has 2 aliphatic rings. The van der Waals surface area contributed by atoms with E-state index in [0.717, 1.165) is 25.2 Å². The lowest BCUT2D eigenvalue weighted by Gasteiger charge is -2.16. The zero-order valence-electron chi connectivity index (χ0n) is 10.9. The minimum Gasteiger partial charge on any atom is -0.492 e. The Balaban J connectivity index is 1.62. The van der Waals surface area contributed by atoms with E-state index >= 15 is 0 Å². The zero-order valence-corrected chi connectivity index (χ0v) is 10.9. The number of likely N-dealkylation sites (tertiary alicyclic amines) is 1. The summed E-state index contributed by atoms with van der Waals surface area (Å²) >= 11 is 0. The Hall–Kier alpha value is -1.46.